The van der Waals surface area contributed by atoms with E-state index in [0.717, 1.165) is 25.2 Å². The van der Waals surface area contributed by atoms with Crippen molar-refractivity contribution in [1.29, 1.82) is 0 Å². The fourth-order valence-corrected chi connectivity index (χ4v) is 5.01. The Labute approximate surface area is 165 Å². The first-order valence-electron chi connectivity index (χ1n) is 8.63. The van der Waals surface area contributed by atoms with Gasteiger partial charge in [-0.05, 0) is 49.2 Å². The molecule has 0 bridgehead atoms. The molecule has 1 heterocycles. The van der Waals surface area contributed by atoms with Crippen LogP contribution in [0, 0.1) is 0 Å². The zero-order valence-electron chi connectivity index (χ0n) is 14.4. The summed E-state index contributed by atoms with van der Waals surface area (Å²) in [7, 11) is -3.54. The Hall–Kier alpha value is -1.11. The zero-order valence-corrected chi connectivity index (χ0v) is 16.7. The van der Waals surface area contributed by atoms with E-state index in [-0.39, 0.29) is 12.3 Å². The summed E-state index contributed by atoms with van der Waals surface area (Å²) < 4.78 is 27.4. The number of likely N-dealkylation sites (tertiary alicyclic amines) is 1. The van der Waals surface area contributed by atoms with Gasteiger partial charge in [0.25, 0.3) is 0 Å². The number of hydrogen-bond acceptors (Lipinski definition) is 3. The van der Waals surface area contributed by atoms with Crippen LogP contribution in [0.4, 0.5) is 0 Å². The molecule has 140 valence electrons. The molecular formula is C19H22Cl2N2O2S. The summed E-state index contributed by atoms with van der Waals surface area (Å²) in [5.74, 6) is -0.237. The number of benzene rings is 2. The lowest BCUT2D eigenvalue weighted by molar-refractivity contribution is 0.331. The quantitative estimate of drug-likeness (QED) is 0.740. The fourth-order valence-electron chi connectivity index (χ4n) is 3.14. The summed E-state index contributed by atoms with van der Waals surface area (Å²) in [6.45, 7) is 3.43. The van der Waals surface area contributed by atoms with Gasteiger partial charge in [0.2, 0.25) is 10.0 Å². The normalized spacial score (nSPS) is 15.5. The third kappa shape index (κ3) is 5.44. The van der Waals surface area contributed by atoms with Crippen LogP contribution in [-0.4, -0.2) is 26.4 Å². The van der Waals surface area contributed by atoms with Crippen LogP contribution in [0.15, 0.2) is 42.5 Å². The first-order valence-corrected chi connectivity index (χ1v) is 11.0. The van der Waals surface area contributed by atoms with E-state index in [1.165, 1.54) is 18.4 Å². The van der Waals surface area contributed by atoms with Crippen LogP contribution in [0.3, 0.4) is 0 Å². The summed E-state index contributed by atoms with van der Waals surface area (Å²) in [6.07, 6.45) is 2.51. The summed E-state index contributed by atoms with van der Waals surface area (Å²) in [6, 6.07) is 13.0. The van der Waals surface area contributed by atoms with E-state index in [4.69, 9.17) is 23.2 Å². The minimum atomic E-state index is -3.54. The summed E-state index contributed by atoms with van der Waals surface area (Å²) in [5.41, 5.74) is 2.57. The summed E-state index contributed by atoms with van der Waals surface area (Å²) >= 11 is 12.1. The number of nitrogens with zero attached hydrogens (tertiary/aromatic N) is 1. The highest BCUT2D eigenvalue weighted by atomic mass is 35.5. The molecule has 1 saturated heterocycles. The maximum atomic E-state index is 12.4. The van der Waals surface area contributed by atoms with Gasteiger partial charge >= 0.3 is 0 Å². The van der Waals surface area contributed by atoms with Gasteiger partial charge in [0, 0.05) is 28.7 Å². The molecule has 0 aliphatic carbocycles. The topological polar surface area (TPSA) is 49.4 Å². The molecular weight excluding hydrogens is 391 g/mol. The molecule has 0 unspecified atom stereocenters. The number of hydrogen-bond donors (Lipinski definition) is 1. The molecule has 0 atom stereocenters. The van der Waals surface area contributed by atoms with Gasteiger partial charge in [-0.25, -0.2) is 13.1 Å². The van der Waals surface area contributed by atoms with Crippen LogP contribution in [-0.2, 0) is 28.9 Å². The van der Waals surface area contributed by atoms with Gasteiger partial charge in [-0.2, -0.15) is 0 Å². The molecule has 1 N–H and O–H groups in total. The first kappa shape index (κ1) is 19.6. The van der Waals surface area contributed by atoms with E-state index < -0.39 is 10.0 Å². The highest BCUT2D eigenvalue weighted by Gasteiger charge is 2.17. The van der Waals surface area contributed by atoms with E-state index in [2.05, 4.69) is 21.8 Å². The average molecular weight is 413 g/mol. The Morgan fingerprint density at radius 2 is 1.58 bits per heavy atom. The van der Waals surface area contributed by atoms with Crippen LogP contribution in [0.5, 0.6) is 0 Å². The highest BCUT2D eigenvalue weighted by molar-refractivity contribution is 7.88. The van der Waals surface area contributed by atoms with Crippen molar-refractivity contribution in [3.8, 4) is 0 Å². The molecule has 1 fully saturated rings. The van der Waals surface area contributed by atoms with Gasteiger partial charge < -0.3 is 0 Å². The monoisotopic (exact) mass is 412 g/mol. The Balaban J connectivity index is 1.62. The van der Waals surface area contributed by atoms with Crippen LogP contribution < -0.4 is 4.72 Å². The molecule has 0 amide bonds. The van der Waals surface area contributed by atoms with Crippen LogP contribution in [0.2, 0.25) is 10.0 Å². The molecule has 1 aliphatic rings. The maximum absolute atomic E-state index is 12.4. The molecule has 0 spiro atoms. The summed E-state index contributed by atoms with van der Waals surface area (Å²) in [4.78, 5) is 2.42. The second-order valence-electron chi connectivity index (χ2n) is 6.58. The minimum absolute atomic E-state index is 0.237. The number of sulfonamides is 1. The van der Waals surface area contributed by atoms with Crippen molar-refractivity contribution >= 4 is 33.2 Å². The second kappa shape index (κ2) is 8.72. The molecule has 7 heteroatoms. The van der Waals surface area contributed by atoms with Crippen LogP contribution in [0.1, 0.15) is 29.5 Å². The zero-order chi connectivity index (χ0) is 18.6. The van der Waals surface area contributed by atoms with Crippen molar-refractivity contribution in [2.24, 2.45) is 0 Å². The van der Waals surface area contributed by atoms with Crippen molar-refractivity contribution < 1.29 is 8.42 Å². The Morgan fingerprint density at radius 1 is 0.962 bits per heavy atom. The Kier molecular flexibility index (Phi) is 6.59. The van der Waals surface area contributed by atoms with Gasteiger partial charge in [0.1, 0.15) is 0 Å². The molecule has 26 heavy (non-hydrogen) atoms. The molecule has 2 aromatic carbocycles. The number of rotatable bonds is 7. The van der Waals surface area contributed by atoms with Gasteiger partial charge in [-0.3, -0.25) is 4.90 Å². The van der Waals surface area contributed by atoms with Crippen LogP contribution >= 0.6 is 23.2 Å². The standard InChI is InChI=1S/C19H22Cl2N2O2S/c20-18-7-4-8-19(21)17(18)14-26(24,25)22-12-15-5-3-6-16(11-15)13-23-9-1-2-10-23/h3-8,11,22H,1-2,9-10,12-14H2. The van der Waals surface area contributed by atoms with Gasteiger partial charge in [0.15, 0.2) is 0 Å². The molecule has 2 aromatic rings. The first-order chi connectivity index (χ1) is 12.4. The lowest BCUT2D eigenvalue weighted by atomic mass is 10.1. The molecule has 0 aromatic heterocycles. The molecule has 4 nitrogen and oxygen atoms in total. The molecule has 0 radical (unpaired) electrons. The van der Waals surface area contributed by atoms with Crippen molar-refractivity contribution in [2.45, 2.75) is 31.7 Å². The van der Waals surface area contributed by atoms with Gasteiger partial charge in [0.05, 0.1) is 5.75 Å². The second-order valence-corrected chi connectivity index (χ2v) is 9.20. The number of halogens is 2. The highest BCUT2D eigenvalue weighted by Crippen LogP contribution is 2.26. The van der Waals surface area contributed by atoms with Gasteiger partial charge in [-0.15, -0.1) is 0 Å². The van der Waals surface area contributed by atoms with Gasteiger partial charge in [-0.1, -0.05) is 53.5 Å². The maximum Gasteiger partial charge on any atom is 0.216 e. The van der Waals surface area contributed by atoms with Crippen molar-refractivity contribution in [1.82, 2.24) is 9.62 Å². The fraction of sp³-hybridized carbons (Fsp3) is 0.368. The smallest absolute Gasteiger partial charge is 0.216 e. The SMILES string of the molecule is O=S(=O)(Cc1c(Cl)cccc1Cl)NCc1cccc(CN2CCCC2)c1. The van der Waals surface area contributed by atoms with Crippen molar-refractivity contribution in [3.63, 3.8) is 0 Å². The lowest BCUT2D eigenvalue weighted by Gasteiger charge is -2.15. The Morgan fingerprint density at radius 3 is 2.27 bits per heavy atom. The van der Waals surface area contributed by atoms with Crippen LogP contribution in [0.25, 0.3) is 0 Å². The average Bonchev–Trinajstić information content (AvgIpc) is 3.10. The molecule has 3 rings (SSSR count). The number of nitrogens with one attached hydrogen (secondary N) is 1. The largest absolute Gasteiger partial charge is 0.299 e. The molecule has 1 aliphatic heterocycles. The minimum Gasteiger partial charge on any atom is -0.299 e. The van der Waals surface area contributed by atoms with E-state index in [1.54, 1.807) is 18.2 Å². The predicted molar refractivity (Wildman–Crippen MR) is 107 cm³/mol. The Bertz CT molecular complexity index is 845. The molecule has 0 saturated carbocycles. The van der Waals surface area contributed by atoms with Crippen molar-refractivity contribution in [3.05, 3.63) is 69.2 Å². The van der Waals surface area contributed by atoms with Crippen molar-refractivity contribution in [2.75, 3.05) is 13.1 Å². The third-order valence-electron chi connectivity index (χ3n) is 4.49. The third-order valence-corrected chi connectivity index (χ3v) is 6.45. The summed E-state index contributed by atoms with van der Waals surface area (Å²) in [5, 5.41) is 0.714. The van der Waals surface area contributed by atoms with E-state index in [0.29, 0.717) is 15.6 Å². The van der Waals surface area contributed by atoms with E-state index in [9.17, 15) is 8.42 Å². The lowest BCUT2D eigenvalue weighted by Crippen LogP contribution is -2.25. The predicted octanol–water partition coefficient (Wildman–Crippen LogP) is 4.21. The van der Waals surface area contributed by atoms with E-state index in [1.807, 2.05) is 12.1 Å². The van der Waals surface area contributed by atoms with E-state index >= 15 is 0 Å².